The number of anilines is 2. The molecule has 0 radical (unpaired) electrons. The Bertz CT molecular complexity index is 787. The van der Waals surface area contributed by atoms with E-state index in [0.29, 0.717) is 15.7 Å². The first kappa shape index (κ1) is 19.4. The number of alkyl halides is 3. The number of hydrogen-bond acceptors (Lipinski definition) is 3. The normalized spacial score (nSPS) is 11.1. The van der Waals surface area contributed by atoms with E-state index >= 15 is 0 Å². The summed E-state index contributed by atoms with van der Waals surface area (Å²) >= 11 is 8.97. The van der Waals surface area contributed by atoms with Crippen LogP contribution in [0.1, 0.15) is 5.56 Å². The summed E-state index contributed by atoms with van der Waals surface area (Å²) in [6, 6.07) is 7.34. The van der Waals surface area contributed by atoms with Crippen molar-refractivity contribution < 1.29 is 27.8 Å². The van der Waals surface area contributed by atoms with Gasteiger partial charge in [-0.25, -0.2) is 4.79 Å². The molecule has 25 heavy (non-hydrogen) atoms. The third-order valence-electron chi connectivity index (χ3n) is 2.85. The Morgan fingerprint density at radius 1 is 1.20 bits per heavy atom. The monoisotopic (exact) mass is 438 g/mol. The molecule has 0 saturated heterocycles. The van der Waals surface area contributed by atoms with Crippen molar-refractivity contribution in [2.45, 2.75) is 13.0 Å². The minimum atomic E-state index is -4.88. The summed E-state index contributed by atoms with van der Waals surface area (Å²) in [5, 5.41) is 14.1. The first-order valence-electron chi connectivity index (χ1n) is 6.70. The SMILES string of the molecule is O=C(Nc1cc(Cl)cc(OC(F)(F)F)c1)Nc1cc(Br)ccc1CO. The van der Waals surface area contributed by atoms with E-state index in [-0.39, 0.29) is 17.3 Å². The van der Waals surface area contributed by atoms with Gasteiger partial charge in [-0.3, -0.25) is 0 Å². The molecule has 0 bridgehead atoms. The number of halogens is 5. The number of ether oxygens (including phenoxy) is 1. The van der Waals surface area contributed by atoms with Crippen molar-refractivity contribution in [1.82, 2.24) is 0 Å². The van der Waals surface area contributed by atoms with Crippen LogP contribution in [0, 0.1) is 0 Å². The molecule has 0 aliphatic heterocycles. The number of hydrogen-bond donors (Lipinski definition) is 3. The maximum Gasteiger partial charge on any atom is 0.573 e. The van der Waals surface area contributed by atoms with Gasteiger partial charge in [0, 0.05) is 32.5 Å². The summed E-state index contributed by atoms with van der Waals surface area (Å²) in [6.07, 6.45) is -4.88. The van der Waals surface area contributed by atoms with Crippen molar-refractivity contribution in [3.05, 3.63) is 51.5 Å². The summed E-state index contributed by atoms with van der Waals surface area (Å²) < 4.78 is 41.3. The van der Waals surface area contributed by atoms with Crippen molar-refractivity contribution in [2.24, 2.45) is 0 Å². The average molecular weight is 440 g/mol. The van der Waals surface area contributed by atoms with E-state index in [1.807, 2.05) is 0 Å². The molecule has 0 atom stereocenters. The molecule has 2 aromatic carbocycles. The number of rotatable bonds is 4. The van der Waals surface area contributed by atoms with Gasteiger partial charge >= 0.3 is 12.4 Å². The molecule has 2 rings (SSSR count). The van der Waals surface area contributed by atoms with E-state index in [1.54, 1.807) is 18.2 Å². The lowest BCUT2D eigenvalue weighted by atomic mass is 10.2. The van der Waals surface area contributed by atoms with E-state index < -0.39 is 18.1 Å². The standard InChI is InChI=1S/C15H11BrClF3N2O3/c16-9-2-1-8(7-23)13(3-9)22-14(24)21-11-4-10(17)5-12(6-11)25-15(18,19)20/h1-6,23H,7H2,(H2,21,22,24). The van der Waals surface area contributed by atoms with E-state index in [2.05, 4.69) is 31.3 Å². The Balaban J connectivity index is 2.14. The molecule has 2 aromatic rings. The number of urea groups is 1. The minimum Gasteiger partial charge on any atom is -0.406 e. The van der Waals surface area contributed by atoms with Gasteiger partial charge in [0.05, 0.1) is 6.61 Å². The molecule has 10 heteroatoms. The molecule has 0 spiro atoms. The molecule has 0 aromatic heterocycles. The smallest absolute Gasteiger partial charge is 0.406 e. The van der Waals surface area contributed by atoms with E-state index in [0.717, 1.165) is 12.1 Å². The number of carbonyl (C=O) groups excluding carboxylic acids is 1. The van der Waals surface area contributed by atoms with Crippen molar-refractivity contribution in [1.29, 1.82) is 0 Å². The fraction of sp³-hybridized carbons (Fsp3) is 0.133. The molecular formula is C15H11BrClF3N2O3. The molecule has 0 unspecified atom stereocenters. The van der Waals surface area contributed by atoms with Crippen molar-refractivity contribution in [3.63, 3.8) is 0 Å². The van der Waals surface area contributed by atoms with Gasteiger partial charge < -0.3 is 20.5 Å². The number of benzene rings is 2. The molecule has 0 aliphatic carbocycles. The van der Waals surface area contributed by atoms with Gasteiger partial charge in [-0.2, -0.15) is 0 Å². The summed E-state index contributed by atoms with van der Waals surface area (Å²) in [4.78, 5) is 12.0. The van der Waals surface area contributed by atoms with Crippen LogP contribution in [0.2, 0.25) is 5.02 Å². The Labute approximate surface area is 153 Å². The van der Waals surface area contributed by atoms with Crippen LogP contribution in [0.15, 0.2) is 40.9 Å². The maximum absolute atomic E-state index is 12.3. The third-order valence-corrected chi connectivity index (χ3v) is 3.56. The first-order chi connectivity index (χ1) is 11.7. The maximum atomic E-state index is 12.3. The third kappa shape index (κ3) is 6.11. The van der Waals surface area contributed by atoms with Crippen LogP contribution >= 0.6 is 27.5 Å². The second-order valence-corrected chi connectivity index (χ2v) is 6.11. The van der Waals surface area contributed by atoms with Crippen LogP contribution in [-0.2, 0) is 6.61 Å². The van der Waals surface area contributed by atoms with Crippen molar-refractivity contribution in [2.75, 3.05) is 10.6 Å². The molecular weight excluding hydrogens is 429 g/mol. The summed E-state index contributed by atoms with van der Waals surface area (Å²) in [5.74, 6) is -0.561. The first-order valence-corrected chi connectivity index (χ1v) is 7.87. The van der Waals surface area contributed by atoms with E-state index in [9.17, 15) is 23.1 Å². The zero-order valence-corrected chi connectivity index (χ0v) is 14.7. The molecule has 0 saturated carbocycles. The average Bonchev–Trinajstić information content (AvgIpc) is 2.44. The quantitative estimate of drug-likeness (QED) is 0.618. The highest BCUT2D eigenvalue weighted by Crippen LogP contribution is 2.29. The number of carbonyl (C=O) groups is 1. The van der Waals surface area contributed by atoms with Crippen molar-refractivity contribution >= 4 is 44.9 Å². The van der Waals surface area contributed by atoms with Crippen LogP contribution in [-0.4, -0.2) is 17.5 Å². The predicted octanol–water partition coefficient (Wildman–Crippen LogP) is 5.14. The summed E-state index contributed by atoms with van der Waals surface area (Å²) in [5.41, 5.74) is 0.804. The van der Waals surface area contributed by atoms with Gasteiger partial charge in [0.15, 0.2) is 0 Å². The number of nitrogens with one attached hydrogen (secondary N) is 2. The number of amides is 2. The Hall–Kier alpha value is -1.97. The van der Waals surface area contributed by atoms with Gasteiger partial charge in [0.1, 0.15) is 5.75 Å². The largest absolute Gasteiger partial charge is 0.573 e. The Morgan fingerprint density at radius 2 is 1.92 bits per heavy atom. The second-order valence-electron chi connectivity index (χ2n) is 4.76. The van der Waals surface area contributed by atoms with Crippen LogP contribution < -0.4 is 15.4 Å². The second kappa shape index (κ2) is 7.94. The lowest BCUT2D eigenvalue weighted by molar-refractivity contribution is -0.274. The van der Waals surface area contributed by atoms with Gasteiger partial charge in [-0.05, 0) is 24.3 Å². The zero-order chi connectivity index (χ0) is 18.6. The van der Waals surface area contributed by atoms with E-state index in [1.165, 1.54) is 6.07 Å². The van der Waals surface area contributed by atoms with Gasteiger partial charge in [0.2, 0.25) is 0 Å². The van der Waals surface area contributed by atoms with Crippen LogP contribution in [0.3, 0.4) is 0 Å². The van der Waals surface area contributed by atoms with Gasteiger partial charge in [-0.1, -0.05) is 33.6 Å². The number of aliphatic hydroxyl groups excluding tert-OH is 1. The molecule has 0 aliphatic rings. The summed E-state index contributed by atoms with van der Waals surface area (Å²) in [6.45, 7) is -0.302. The molecule has 2 amide bonds. The number of aliphatic hydroxyl groups is 1. The van der Waals surface area contributed by atoms with Crippen LogP contribution in [0.5, 0.6) is 5.75 Å². The van der Waals surface area contributed by atoms with Crippen molar-refractivity contribution in [3.8, 4) is 5.75 Å². The lowest BCUT2D eigenvalue weighted by Crippen LogP contribution is -2.21. The minimum absolute atomic E-state index is 0.00444. The fourth-order valence-corrected chi connectivity index (χ4v) is 2.50. The molecule has 0 heterocycles. The highest BCUT2D eigenvalue weighted by Gasteiger charge is 2.31. The lowest BCUT2D eigenvalue weighted by Gasteiger charge is -2.13. The van der Waals surface area contributed by atoms with Crippen LogP contribution in [0.4, 0.5) is 29.3 Å². The predicted molar refractivity (Wildman–Crippen MR) is 90.8 cm³/mol. The molecule has 0 fully saturated rings. The highest BCUT2D eigenvalue weighted by molar-refractivity contribution is 9.10. The molecule has 134 valence electrons. The topological polar surface area (TPSA) is 70.6 Å². The fourth-order valence-electron chi connectivity index (χ4n) is 1.92. The zero-order valence-electron chi connectivity index (χ0n) is 12.3. The highest BCUT2D eigenvalue weighted by atomic mass is 79.9. The van der Waals surface area contributed by atoms with Crippen LogP contribution in [0.25, 0.3) is 0 Å². The van der Waals surface area contributed by atoms with Gasteiger partial charge in [0.25, 0.3) is 0 Å². The molecule has 3 N–H and O–H groups in total. The Morgan fingerprint density at radius 3 is 2.56 bits per heavy atom. The summed E-state index contributed by atoms with van der Waals surface area (Å²) in [7, 11) is 0. The Kier molecular flexibility index (Phi) is 6.15. The van der Waals surface area contributed by atoms with Gasteiger partial charge in [-0.15, -0.1) is 13.2 Å². The van der Waals surface area contributed by atoms with E-state index in [4.69, 9.17) is 11.6 Å². The molecule has 5 nitrogen and oxygen atoms in total.